The van der Waals surface area contributed by atoms with E-state index in [4.69, 9.17) is 14.6 Å². The minimum atomic E-state index is 0.0849. The van der Waals surface area contributed by atoms with E-state index in [1.807, 2.05) is 7.05 Å². The maximum atomic E-state index is 8.47. The van der Waals surface area contributed by atoms with Crippen LogP contribution in [-0.2, 0) is 9.47 Å². The molecule has 0 spiro atoms. The normalized spacial score (nSPS) is 17.6. The van der Waals surface area contributed by atoms with E-state index in [1.165, 1.54) is 0 Å². The zero-order valence-electron chi connectivity index (χ0n) is 10.2. The standard InChI is InChI=1S/C11H24N2O3/c1-12-11-9-13(10-11)3-2-5-15-7-8-16-6-4-14/h11-12,14H,2-10H2,1H3. The molecule has 96 valence electrons. The summed E-state index contributed by atoms with van der Waals surface area (Å²) in [4.78, 5) is 2.42. The van der Waals surface area contributed by atoms with Crippen LogP contribution in [-0.4, -0.2) is 75.8 Å². The molecule has 5 heteroatoms. The maximum Gasteiger partial charge on any atom is 0.0701 e. The molecule has 0 bridgehead atoms. The Morgan fingerprint density at radius 2 is 1.88 bits per heavy atom. The predicted molar refractivity (Wildman–Crippen MR) is 62.6 cm³/mol. The van der Waals surface area contributed by atoms with Crippen molar-refractivity contribution in [1.82, 2.24) is 10.2 Å². The highest BCUT2D eigenvalue weighted by Crippen LogP contribution is 2.06. The highest BCUT2D eigenvalue weighted by molar-refractivity contribution is 4.84. The number of hydrogen-bond acceptors (Lipinski definition) is 5. The highest BCUT2D eigenvalue weighted by atomic mass is 16.5. The Bertz CT molecular complexity index is 163. The Hall–Kier alpha value is -0.200. The number of aliphatic hydroxyl groups is 1. The average Bonchev–Trinajstić information content (AvgIpc) is 2.24. The molecule has 1 fully saturated rings. The summed E-state index contributed by atoms with van der Waals surface area (Å²) in [5.74, 6) is 0. The molecule has 5 nitrogen and oxygen atoms in total. The van der Waals surface area contributed by atoms with Gasteiger partial charge in [-0.05, 0) is 13.5 Å². The largest absolute Gasteiger partial charge is 0.394 e. The molecule has 0 radical (unpaired) electrons. The Labute approximate surface area is 97.7 Å². The van der Waals surface area contributed by atoms with Crippen LogP contribution in [0.25, 0.3) is 0 Å². The van der Waals surface area contributed by atoms with Crippen molar-refractivity contribution in [3.63, 3.8) is 0 Å². The summed E-state index contributed by atoms with van der Waals surface area (Å²) < 4.78 is 10.5. The van der Waals surface area contributed by atoms with Crippen molar-refractivity contribution >= 4 is 0 Å². The van der Waals surface area contributed by atoms with Gasteiger partial charge in [0.15, 0.2) is 0 Å². The molecular weight excluding hydrogens is 208 g/mol. The van der Waals surface area contributed by atoms with Gasteiger partial charge in [-0.15, -0.1) is 0 Å². The monoisotopic (exact) mass is 232 g/mol. The molecule has 0 aromatic rings. The Kier molecular flexibility index (Phi) is 7.71. The lowest BCUT2D eigenvalue weighted by molar-refractivity contribution is 0.0277. The highest BCUT2D eigenvalue weighted by Gasteiger charge is 2.23. The lowest BCUT2D eigenvalue weighted by Gasteiger charge is -2.39. The van der Waals surface area contributed by atoms with Crippen LogP contribution in [0, 0.1) is 0 Å². The molecule has 1 aliphatic heterocycles. The van der Waals surface area contributed by atoms with E-state index >= 15 is 0 Å². The van der Waals surface area contributed by atoms with E-state index in [9.17, 15) is 0 Å². The van der Waals surface area contributed by atoms with Crippen molar-refractivity contribution in [3.8, 4) is 0 Å². The lowest BCUT2D eigenvalue weighted by Crippen LogP contribution is -2.57. The maximum absolute atomic E-state index is 8.47. The fourth-order valence-corrected chi connectivity index (χ4v) is 1.71. The number of nitrogens with zero attached hydrogens (tertiary/aromatic N) is 1. The summed E-state index contributed by atoms with van der Waals surface area (Å²) in [5.41, 5.74) is 0. The molecule has 0 atom stereocenters. The van der Waals surface area contributed by atoms with Crippen LogP contribution >= 0.6 is 0 Å². The number of likely N-dealkylation sites (tertiary alicyclic amines) is 1. The van der Waals surface area contributed by atoms with Crippen molar-refractivity contribution in [2.75, 3.05) is 59.7 Å². The van der Waals surface area contributed by atoms with Crippen LogP contribution in [0.15, 0.2) is 0 Å². The van der Waals surface area contributed by atoms with Crippen LogP contribution in [0.2, 0.25) is 0 Å². The van der Waals surface area contributed by atoms with Gasteiger partial charge in [0.1, 0.15) is 0 Å². The lowest BCUT2D eigenvalue weighted by atomic mass is 10.1. The van der Waals surface area contributed by atoms with Gasteiger partial charge in [-0.25, -0.2) is 0 Å². The molecule has 16 heavy (non-hydrogen) atoms. The van der Waals surface area contributed by atoms with Crippen LogP contribution in [0.5, 0.6) is 0 Å². The van der Waals surface area contributed by atoms with Crippen molar-refractivity contribution in [1.29, 1.82) is 0 Å². The van der Waals surface area contributed by atoms with E-state index in [-0.39, 0.29) is 6.61 Å². The molecular formula is C11H24N2O3. The summed E-state index contributed by atoms with van der Waals surface area (Å²) in [6.07, 6.45) is 1.08. The molecule has 0 saturated carbocycles. The molecule has 0 aromatic heterocycles. The molecule has 1 saturated heterocycles. The summed E-state index contributed by atoms with van der Waals surface area (Å²) in [7, 11) is 2.01. The van der Waals surface area contributed by atoms with Crippen LogP contribution in [0.1, 0.15) is 6.42 Å². The van der Waals surface area contributed by atoms with E-state index in [0.29, 0.717) is 25.9 Å². The number of aliphatic hydroxyl groups excluding tert-OH is 1. The van der Waals surface area contributed by atoms with Gasteiger partial charge in [-0.1, -0.05) is 0 Å². The van der Waals surface area contributed by atoms with E-state index < -0.39 is 0 Å². The fourth-order valence-electron chi connectivity index (χ4n) is 1.71. The molecule has 1 rings (SSSR count). The first-order valence-corrected chi connectivity index (χ1v) is 6.02. The van der Waals surface area contributed by atoms with Gasteiger partial charge >= 0.3 is 0 Å². The fraction of sp³-hybridized carbons (Fsp3) is 1.00. The zero-order chi connectivity index (χ0) is 11.6. The number of hydrogen-bond donors (Lipinski definition) is 2. The van der Waals surface area contributed by atoms with Crippen LogP contribution in [0.4, 0.5) is 0 Å². The Morgan fingerprint density at radius 3 is 2.50 bits per heavy atom. The minimum absolute atomic E-state index is 0.0849. The first kappa shape index (κ1) is 13.9. The van der Waals surface area contributed by atoms with Crippen molar-refractivity contribution in [2.45, 2.75) is 12.5 Å². The molecule has 0 amide bonds. The Morgan fingerprint density at radius 1 is 1.19 bits per heavy atom. The van der Waals surface area contributed by atoms with Gasteiger partial charge in [0.05, 0.1) is 26.4 Å². The third-order valence-corrected chi connectivity index (χ3v) is 2.74. The topological polar surface area (TPSA) is 54.0 Å². The van der Waals surface area contributed by atoms with E-state index in [0.717, 1.165) is 32.7 Å². The number of likely N-dealkylation sites (N-methyl/N-ethyl adjacent to an activating group) is 1. The molecule has 2 N–H and O–H groups in total. The van der Waals surface area contributed by atoms with Gasteiger partial charge < -0.3 is 24.8 Å². The van der Waals surface area contributed by atoms with Gasteiger partial charge in [0.2, 0.25) is 0 Å². The SMILES string of the molecule is CNC1CN(CCCOCCOCCO)C1. The van der Waals surface area contributed by atoms with Crippen LogP contribution in [0.3, 0.4) is 0 Å². The summed E-state index contributed by atoms with van der Waals surface area (Å²) in [5, 5.41) is 11.7. The average molecular weight is 232 g/mol. The van der Waals surface area contributed by atoms with Gasteiger partial charge in [-0.3, -0.25) is 0 Å². The van der Waals surface area contributed by atoms with Crippen molar-refractivity contribution in [3.05, 3.63) is 0 Å². The molecule has 0 aromatic carbocycles. The smallest absolute Gasteiger partial charge is 0.0701 e. The first-order chi connectivity index (χ1) is 7.86. The Balaban J connectivity index is 1.72. The molecule has 0 aliphatic carbocycles. The number of ether oxygens (including phenoxy) is 2. The summed E-state index contributed by atoms with van der Waals surface area (Å²) in [6.45, 7) is 5.93. The molecule has 1 heterocycles. The number of nitrogens with one attached hydrogen (secondary N) is 1. The third kappa shape index (κ3) is 5.77. The van der Waals surface area contributed by atoms with Crippen LogP contribution < -0.4 is 5.32 Å². The van der Waals surface area contributed by atoms with E-state index in [1.54, 1.807) is 0 Å². The van der Waals surface area contributed by atoms with E-state index in [2.05, 4.69) is 10.2 Å². The second-order valence-corrected chi connectivity index (χ2v) is 4.05. The summed E-state index contributed by atoms with van der Waals surface area (Å²) >= 11 is 0. The van der Waals surface area contributed by atoms with Crippen molar-refractivity contribution < 1.29 is 14.6 Å². The second kappa shape index (κ2) is 8.90. The first-order valence-electron chi connectivity index (χ1n) is 6.02. The van der Waals surface area contributed by atoms with Gasteiger partial charge in [0.25, 0.3) is 0 Å². The predicted octanol–water partition coefficient (Wildman–Crippen LogP) is -0.694. The minimum Gasteiger partial charge on any atom is -0.394 e. The van der Waals surface area contributed by atoms with Crippen molar-refractivity contribution in [2.24, 2.45) is 0 Å². The number of rotatable bonds is 10. The van der Waals surface area contributed by atoms with Gasteiger partial charge in [0, 0.05) is 32.3 Å². The zero-order valence-corrected chi connectivity index (χ0v) is 10.2. The summed E-state index contributed by atoms with van der Waals surface area (Å²) in [6, 6.07) is 0.688. The second-order valence-electron chi connectivity index (χ2n) is 4.05. The molecule has 0 unspecified atom stereocenters. The van der Waals surface area contributed by atoms with Gasteiger partial charge in [-0.2, -0.15) is 0 Å². The third-order valence-electron chi connectivity index (χ3n) is 2.74. The quantitative estimate of drug-likeness (QED) is 0.488. The molecule has 1 aliphatic rings.